The van der Waals surface area contributed by atoms with Crippen molar-refractivity contribution in [3.8, 4) is 0 Å². The number of nitrogens with one attached hydrogen (secondary N) is 1. The second-order valence-corrected chi connectivity index (χ2v) is 6.45. The molecule has 6 heteroatoms. The van der Waals surface area contributed by atoms with Crippen molar-refractivity contribution in [1.82, 2.24) is 15.1 Å². The van der Waals surface area contributed by atoms with Crippen molar-refractivity contribution < 1.29 is 13.9 Å². The molecular formula is C18H28FN3O2. The minimum absolute atomic E-state index is 0.0595. The molecule has 1 unspecified atom stereocenters. The highest BCUT2D eigenvalue weighted by Crippen LogP contribution is 2.11. The molecule has 0 bridgehead atoms. The van der Waals surface area contributed by atoms with Crippen LogP contribution in [0.5, 0.6) is 0 Å². The molecule has 1 N–H and O–H groups in total. The number of carbonyl (C=O) groups is 1. The Bertz CT molecular complexity index is 509. The SMILES string of the molecule is COCCCN(Cc1ccc(F)cc1)C(=O)NC1CCCN(C)C1. The van der Waals surface area contributed by atoms with E-state index < -0.39 is 0 Å². The monoisotopic (exact) mass is 337 g/mol. The van der Waals surface area contributed by atoms with E-state index in [1.807, 2.05) is 0 Å². The van der Waals surface area contributed by atoms with Gasteiger partial charge in [-0.3, -0.25) is 0 Å². The van der Waals surface area contributed by atoms with E-state index >= 15 is 0 Å². The summed E-state index contributed by atoms with van der Waals surface area (Å²) in [7, 11) is 3.73. The van der Waals surface area contributed by atoms with Crippen molar-refractivity contribution in [2.75, 3.05) is 40.4 Å². The number of amides is 2. The Morgan fingerprint density at radius 2 is 2.17 bits per heavy atom. The number of ether oxygens (including phenoxy) is 1. The number of hydrogen-bond acceptors (Lipinski definition) is 3. The van der Waals surface area contributed by atoms with Gasteiger partial charge in [-0.2, -0.15) is 0 Å². The third-order valence-corrected chi connectivity index (χ3v) is 4.30. The quantitative estimate of drug-likeness (QED) is 0.778. The molecule has 0 spiro atoms. The molecule has 1 fully saturated rings. The predicted molar refractivity (Wildman–Crippen MR) is 92.4 cm³/mol. The van der Waals surface area contributed by atoms with Gasteiger partial charge in [-0.05, 0) is 50.6 Å². The van der Waals surface area contributed by atoms with Gasteiger partial charge in [0, 0.05) is 39.4 Å². The summed E-state index contributed by atoms with van der Waals surface area (Å²) in [4.78, 5) is 16.7. The molecule has 24 heavy (non-hydrogen) atoms. The van der Waals surface area contributed by atoms with Gasteiger partial charge >= 0.3 is 6.03 Å². The van der Waals surface area contributed by atoms with E-state index in [0.29, 0.717) is 19.7 Å². The maximum absolute atomic E-state index is 13.1. The van der Waals surface area contributed by atoms with Crippen LogP contribution < -0.4 is 5.32 Å². The summed E-state index contributed by atoms with van der Waals surface area (Å²) < 4.78 is 18.2. The van der Waals surface area contributed by atoms with Crippen molar-refractivity contribution in [2.24, 2.45) is 0 Å². The lowest BCUT2D eigenvalue weighted by Crippen LogP contribution is -2.50. The summed E-state index contributed by atoms with van der Waals surface area (Å²) in [6.07, 6.45) is 2.89. The Balaban J connectivity index is 1.95. The van der Waals surface area contributed by atoms with Gasteiger partial charge in [-0.25, -0.2) is 9.18 Å². The first-order chi connectivity index (χ1) is 11.6. The molecule has 0 saturated carbocycles. The predicted octanol–water partition coefficient (Wildman–Crippen LogP) is 2.47. The molecule has 1 aliphatic heterocycles. The normalized spacial score (nSPS) is 18.4. The van der Waals surface area contributed by atoms with E-state index in [1.165, 1.54) is 12.1 Å². The van der Waals surface area contributed by atoms with Crippen LogP contribution >= 0.6 is 0 Å². The molecule has 0 radical (unpaired) electrons. The van der Waals surface area contributed by atoms with Crippen LogP contribution in [0.4, 0.5) is 9.18 Å². The number of hydrogen-bond donors (Lipinski definition) is 1. The topological polar surface area (TPSA) is 44.8 Å². The summed E-state index contributed by atoms with van der Waals surface area (Å²) in [5.74, 6) is -0.264. The summed E-state index contributed by atoms with van der Waals surface area (Å²) in [6.45, 7) is 3.66. The van der Waals surface area contributed by atoms with Gasteiger partial charge in [0.15, 0.2) is 0 Å². The van der Waals surface area contributed by atoms with E-state index in [0.717, 1.165) is 37.9 Å². The van der Waals surface area contributed by atoms with Gasteiger partial charge in [-0.15, -0.1) is 0 Å². The van der Waals surface area contributed by atoms with Crippen molar-refractivity contribution in [1.29, 1.82) is 0 Å². The second kappa shape index (κ2) is 9.59. The number of halogens is 1. The van der Waals surface area contributed by atoms with Gasteiger partial charge in [-0.1, -0.05) is 12.1 Å². The van der Waals surface area contributed by atoms with Gasteiger partial charge < -0.3 is 19.9 Å². The van der Waals surface area contributed by atoms with Gasteiger partial charge in [0.2, 0.25) is 0 Å². The van der Waals surface area contributed by atoms with Crippen LogP contribution in [0, 0.1) is 5.82 Å². The molecule has 1 heterocycles. The zero-order valence-electron chi connectivity index (χ0n) is 14.6. The first-order valence-electron chi connectivity index (χ1n) is 8.56. The lowest BCUT2D eigenvalue weighted by molar-refractivity contribution is 0.158. The van der Waals surface area contributed by atoms with Gasteiger partial charge in [0.1, 0.15) is 5.82 Å². The Labute approximate surface area is 143 Å². The van der Waals surface area contributed by atoms with Crippen LogP contribution in [0.15, 0.2) is 24.3 Å². The minimum atomic E-state index is -0.264. The van der Waals surface area contributed by atoms with Crippen molar-refractivity contribution in [2.45, 2.75) is 31.8 Å². The van der Waals surface area contributed by atoms with Crippen LogP contribution in [0.3, 0.4) is 0 Å². The fourth-order valence-electron chi connectivity index (χ4n) is 3.01. The first-order valence-corrected chi connectivity index (χ1v) is 8.56. The first kappa shape index (κ1) is 18.7. The fraction of sp³-hybridized carbons (Fsp3) is 0.611. The van der Waals surface area contributed by atoms with E-state index in [-0.39, 0.29) is 17.9 Å². The number of likely N-dealkylation sites (tertiary alicyclic amines) is 1. The third-order valence-electron chi connectivity index (χ3n) is 4.30. The molecule has 5 nitrogen and oxygen atoms in total. The van der Waals surface area contributed by atoms with E-state index in [2.05, 4.69) is 17.3 Å². The Hall–Kier alpha value is -1.66. The molecular weight excluding hydrogens is 309 g/mol. The zero-order chi connectivity index (χ0) is 17.4. The fourth-order valence-corrected chi connectivity index (χ4v) is 3.01. The molecule has 0 aliphatic carbocycles. The number of nitrogens with zero attached hydrogens (tertiary/aromatic N) is 2. The average Bonchev–Trinajstić information content (AvgIpc) is 2.56. The van der Waals surface area contributed by atoms with Crippen LogP contribution in [-0.2, 0) is 11.3 Å². The summed E-state index contributed by atoms with van der Waals surface area (Å²) in [6, 6.07) is 6.43. The van der Waals surface area contributed by atoms with Crippen LogP contribution in [0.25, 0.3) is 0 Å². The Morgan fingerprint density at radius 3 is 2.83 bits per heavy atom. The van der Waals surface area contributed by atoms with Gasteiger partial charge in [0.05, 0.1) is 0 Å². The summed E-state index contributed by atoms with van der Waals surface area (Å²) in [5, 5.41) is 3.14. The van der Waals surface area contributed by atoms with Crippen LogP contribution in [0.1, 0.15) is 24.8 Å². The molecule has 1 aliphatic rings. The van der Waals surface area contributed by atoms with Gasteiger partial charge in [0.25, 0.3) is 0 Å². The summed E-state index contributed by atoms with van der Waals surface area (Å²) >= 11 is 0. The largest absolute Gasteiger partial charge is 0.385 e. The standard InChI is InChI=1S/C18H28FN3O2/c1-21-10-3-5-17(14-21)20-18(23)22(11-4-12-24-2)13-15-6-8-16(19)9-7-15/h6-9,17H,3-5,10-14H2,1-2H3,(H,20,23). The van der Waals surface area contributed by atoms with Crippen LogP contribution in [0.2, 0.25) is 0 Å². The number of piperidine rings is 1. The highest BCUT2D eigenvalue weighted by Gasteiger charge is 2.22. The molecule has 0 aromatic heterocycles. The average molecular weight is 337 g/mol. The van der Waals surface area contributed by atoms with Crippen molar-refractivity contribution in [3.63, 3.8) is 0 Å². The number of rotatable bonds is 7. The number of likely N-dealkylation sites (N-methyl/N-ethyl adjacent to an activating group) is 1. The second-order valence-electron chi connectivity index (χ2n) is 6.45. The number of benzene rings is 1. The maximum Gasteiger partial charge on any atom is 0.317 e. The highest BCUT2D eigenvalue weighted by molar-refractivity contribution is 5.74. The Morgan fingerprint density at radius 1 is 1.42 bits per heavy atom. The molecule has 1 aromatic carbocycles. The molecule has 1 atom stereocenters. The van der Waals surface area contributed by atoms with E-state index in [9.17, 15) is 9.18 Å². The lowest BCUT2D eigenvalue weighted by atomic mass is 10.1. The molecule has 2 amide bonds. The molecule has 134 valence electrons. The number of carbonyl (C=O) groups excluding carboxylic acids is 1. The van der Waals surface area contributed by atoms with Crippen molar-refractivity contribution in [3.05, 3.63) is 35.6 Å². The van der Waals surface area contributed by atoms with E-state index in [1.54, 1.807) is 24.1 Å². The molecule has 2 rings (SSSR count). The Kier molecular flexibility index (Phi) is 7.46. The number of urea groups is 1. The zero-order valence-corrected chi connectivity index (χ0v) is 14.6. The lowest BCUT2D eigenvalue weighted by Gasteiger charge is -2.32. The molecule has 1 aromatic rings. The number of methoxy groups -OCH3 is 1. The highest BCUT2D eigenvalue weighted by atomic mass is 19.1. The van der Waals surface area contributed by atoms with Crippen LogP contribution in [-0.4, -0.2) is 62.3 Å². The van der Waals surface area contributed by atoms with E-state index in [4.69, 9.17) is 4.74 Å². The maximum atomic E-state index is 13.1. The minimum Gasteiger partial charge on any atom is -0.385 e. The smallest absolute Gasteiger partial charge is 0.317 e. The van der Waals surface area contributed by atoms with Crippen molar-refractivity contribution >= 4 is 6.03 Å². The summed E-state index contributed by atoms with van der Waals surface area (Å²) in [5.41, 5.74) is 0.921. The third kappa shape index (κ3) is 6.09. The molecule has 1 saturated heterocycles.